The summed E-state index contributed by atoms with van der Waals surface area (Å²) < 4.78 is 6.97. The average Bonchev–Trinajstić information content (AvgIpc) is 3.01. The van der Waals surface area contributed by atoms with E-state index >= 15 is 0 Å². The van der Waals surface area contributed by atoms with Gasteiger partial charge in [0.15, 0.2) is 0 Å². The number of ether oxygens (including phenoxy) is 1. The third-order valence-corrected chi connectivity index (χ3v) is 3.37. The normalized spacial score (nSPS) is 16.9. The fourth-order valence-electron chi connectivity index (χ4n) is 2.40. The Labute approximate surface area is 110 Å². The average molecular weight is 255 g/mol. The molecule has 96 valence electrons. The van der Waals surface area contributed by atoms with Crippen LogP contribution in [0, 0.1) is 0 Å². The van der Waals surface area contributed by atoms with E-state index in [0.717, 1.165) is 12.2 Å². The van der Waals surface area contributed by atoms with E-state index in [1.165, 1.54) is 0 Å². The van der Waals surface area contributed by atoms with Crippen LogP contribution in [0.4, 0.5) is 0 Å². The Kier molecular flexibility index (Phi) is 2.91. The first-order valence-corrected chi connectivity index (χ1v) is 6.22. The van der Waals surface area contributed by atoms with Crippen LogP contribution in [0.3, 0.4) is 0 Å². The van der Waals surface area contributed by atoms with Crippen LogP contribution < -0.4 is 0 Å². The number of esters is 2. The van der Waals surface area contributed by atoms with Crippen molar-refractivity contribution in [3.63, 3.8) is 0 Å². The highest BCUT2D eigenvalue weighted by atomic mass is 16.6. The second-order valence-electron chi connectivity index (χ2n) is 4.54. The van der Waals surface area contributed by atoms with E-state index in [4.69, 9.17) is 4.74 Å². The van der Waals surface area contributed by atoms with Crippen molar-refractivity contribution in [1.29, 1.82) is 0 Å². The van der Waals surface area contributed by atoms with Crippen LogP contribution in [0.1, 0.15) is 28.4 Å². The highest BCUT2D eigenvalue weighted by Gasteiger charge is 2.31. The van der Waals surface area contributed by atoms with Crippen molar-refractivity contribution in [2.75, 3.05) is 0 Å². The Morgan fingerprint density at radius 2 is 1.89 bits per heavy atom. The molecule has 2 heterocycles. The van der Waals surface area contributed by atoms with Crippen molar-refractivity contribution in [3.05, 3.63) is 59.9 Å². The number of aryl methyl sites for hydroxylation is 1. The molecule has 0 fully saturated rings. The highest BCUT2D eigenvalue weighted by Crippen LogP contribution is 2.29. The Morgan fingerprint density at radius 3 is 2.68 bits per heavy atom. The van der Waals surface area contributed by atoms with E-state index in [1.807, 2.05) is 29.0 Å². The van der Waals surface area contributed by atoms with Gasteiger partial charge in [0, 0.05) is 18.4 Å². The number of hydrogen-bond acceptors (Lipinski definition) is 3. The fraction of sp³-hybridized carbons (Fsp3) is 0.200. The number of hydrogen-bond donors (Lipinski definition) is 0. The van der Waals surface area contributed by atoms with Gasteiger partial charge >= 0.3 is 11.9 Å². The zero-order chi connectivity index (χ0) is 13.2. The van der Waals surface area contributed by atoms with Crippen LogP contribution >= 0.6 is 0 Å². The second-order valence-corrected chi connectivity index (χ2v) is 4.54. The van der Waals surface area contributed by atoms with Gasteiger partial charge in [-0.2, -0.15) is 0 Å². The molecule has 0 aliphatic carbocycles. The van der Waals surface area contributed by atoms with E-state index in [9.17, 15) is 9.59 Å². The van der Waals surface area contributed by atoms with Gasteiger partial charge in [0.05, 0.1) is 11.5 Å². The molecule has 0 spiro atoms. The Morgan fingerprint density at radius 1 is 1.11 bits per heavy atom. The predicted molar refractivity (Wildman–Crippen MR) is 68.7 cm³/mol. The maximum Gasteiger partial charge on any atom is 0.345 e. The maximum absolute atomic E-state index is 12.0. The molecule has 1 aromatic carbocycles. The van der Waals surface area contributed by atoms with Crippen molar-refractivity contribution < 1.29 is 14.3 Å². The smallest absolute Gasteiger partial charge is 0.345 e. The number of carbonyl (C=O) groups is 2. The lowest BCUT2D eigenvalue weighted by molar-refractivity contribution is -0.139. The Bertz CT molecular complexity index is 615. The molecule has 1 aromatic heterocycles. The number of fused-ring (bicyclic) bond motifs is 1. The van der Waals surface area contributed by atoms with Crippen LogP contribution in [0.15, 0.2) is 48.7 Å². The summed E-state index contributed by atoms with van der Waals surface area (Å²) in [6.07, 6.45) is 2.62. The standard InChI is InChI=1S/C15H13NO3/c17-14(11-5-2-1-3-6-11)19-15(18)12-8-10-16-9-4-7-13(12)16/h1-7,9,12H,8,10H2. The van der Waals surface area contributed by atoms with Gasteiger partial charge in [-0.15, -0.1) is 0 Å². The van der Waals surface area contributed by atoms with Gasteiger partial charge in [-0.1, -0.05) is 18.2 Å². The second kappa shape index (κ2) is 4.72. The van der Waals surface area contributed by atoms with Crippen LogP contribution in [-0.4, -0.2) is 16.5 Å². The van der Waals surface area contributed by atoms with E-state index in [2.05, 4.69) is 0 Å². The molecule has 4 nitrogen and oxygen atoms in total. The first kappa shape index (κ1) is 11.7. The Hall–Kier alpha value is -2.36. The summed E-state index contributed by atoms with van der Waals surface area (Å²) in [7, 11) is 0. The molecule has 2 aromatic rings. The molecule has 0 radical (unpaired) electrons. The van der Waals surface area contributed by atoms with E-state index in [0.29, 0.717) is 12.0 Å². The number of aromatic nitrogens is 1. The molecule has 0 amide bonds. The van der Waals surface area contributed by atoms with Gasteiger partial charge in [-0.25, -0.2) is 4.79 Å². The summed E-state index contributed by atoms with van der Waals surface area (Å²) in [5.74, 6) is -1.38. The van der Waals surface area contributed by atoms with E-state index in [1.54, 1.807) is 24.3 Å². The van der Waals surface area contributed by atoms with Gasteiger partial charge in [-0.05, 0) is 30.7 Å². The van der Waals surface area contributed by atoms with Gasteiger partial charge < -0.3 is 9.30 Å². The number of benzene rings is 1. The number of carbonyl (C=O) groups excluding carboxylic acids is 2. The monoisotopic (exact) mass is 255 g/mol. The van der Waals surface area contributed by atoms with Gasteiger partial charge in [0.2, 0.25) is 0 Å². The lowest BCUT2D eigenvalue weighted by Crippen LogP contribution is -2.18. The minimum atomic E-state index is -0.587. The van der Waals surface area contributed by atoms with Crippen molar-refractivity contribution in [3.8, 4) is 0 Å². The Balaban J connectivity index is 1.72. The molecule has 1 aliphatic heterocycles. The maximum atomic E-state index is 12.0. The van der Waals surface area contributed by atoms with Gasteiger partial charge in [0.1, 0.15) is 0 Å². The lowest BCUT2D eigenvalue weighted by atomic mass is 10.1. The van der Waals surface area contributed by atoms with Crippen molar-refractivity contribution >= 4 is 11.9 Å². The molecule has 4 heteroatoms. The molecule has 1 unspecified atom stereocenters. The summed E-state index contributed by atoms with van der Waals surface area (Å²) >= 11 is 0. The largest absolute Gasteiger partial charge is 0.389 e. The van der Waals surface area contributed by atoms with Crippen molar-refractivity contribution in [2.45, 2.75) is 18.9 Å². The third-order valence-electron chi connectivity index (χ3n) is 3.37. The van der Waals surface area contributed by atoms with Crippen molar-refractivity contribution in [1.82, 2.24) is 4.57 Å². The summed E-state index contributed by atoms with van der Waals surface area (Å²) in [5, 5.41) is 0. The summed E-state index contributed by atoms with van der Waals surface area (Å²) in [6, 6.07) is 12.3. The predicted octanol–water partition coefficient (Wildman–Crippen LogP) is 2.36. The molecule has 1 atom stereocenters. The fourth-order valence-corrected chi connectivity index (χ4v) is 2.40. The molecule has 0 N–H and O–H groups in total. The van der Waals surface area contributed by atoms with Crippen LogP contribution in [0.2, 0.25) is 0 Å². The van der Waals surface area contributed by atoms with Gasteiger partial charge in [-0.3, -0.25) is 4.79 Å². The van der Waals surface area contributed by atoms with Crippen LogP contribution in [0.25, 0.3) is 0 Å². The topological polar surface area (TPSA) is 48.3 Å². The first-order chi connectivity index (χ1) is 9.25. The molecule has 1 aliphatic rings. The molecular formula is C15H13NO3. The first-order valence-electron chi connectivity index (χ1n) is 6.22. The van der Waals surface area contributed by atoms with Gasteiger partial charge in [0.25, 0.3) is 0 Å². The quantitative estimate of drug-likeness (QED) is 0.611. The zero-order valence-corrected chi connectivity index (χ0v) is 10.3. The lowest BCUT2D eigenvalue weighted by Gasteiger charge is -2.08. The zero-order valence-electron chi connectivity index (χ0n) is 10.3. The summed E-state index contributed by atoms with van der Waals surface area (Å²) in [5.41, 5.74) is 1.31. The summed E-state index contributed by atoms with van der Waals surface area (Å²) in [6.45, 7) is 0.793. The molecule has 19 heavy (non-hydrogen) atoms. The molecule has 0 bridgehead atoms. The van der Waals surface area contributed by atoms with E-state index in [-0.39, 0.29) is 5.92 Å². The minimum absolute atomic E-state index is 0.331. The third kappa shape index (κ3) is 2.17. The summed E-state index contributed by atoms with van der Waals surface area (Å²) in [4.78, 5) is 23.8. The number of nitrogens with zero attached hydrogens (tertiary/aromatic N) is 1. The molecular weight excluding hydrogens is 242 g/mol. The SMILES string of the molecule is O=C(OC(=O)C1CCn2cccc21)c1ccccc1. The van der Waals surface area contributed by atoms with Crippen LogP contribution in [-0.2, 0) is 16.1 Å². The molecule has 3 rings (SSSR count). The highest BCUT2D eigenvalue weighted by molar-refractivity contribution is 5.98. The molecule has 0 saturated carbocycles. The molecule has 0 saturated heterocycles. The minimum Gasteiger partial charge on any atom is -0.389 e. The number of rotatable bonds is 2. The van der Waals surface area contributed by atoms with Crippen LogP contribution in [0.5, 0.6) is 0 Å². The van der Waals surface area contributed by atoms with E-state index < -0.39 is 11.9 Å². The van der Waals surface area contributed by atoms with Crippen molar-refractivity contribution in [2.24, 2.45) is 0 Å².